The lowest BCUT2D eigenvalue weighted by atomic mass is 9.96. The third-order valence-electron chi connectivity index (χ3n) is 7.31. The number of rotatable bonds is 9. The van der Waals surface area contributed by atoms with Crippen LogP contribution in [0, 0.1) is 17.8 Å². The summed E-state index contributed by atoms with van der Waals surface area (Å²) in [6.07, 6.45) is 10.0. The van der Waals surface area contributed by atoms with Crippen molar-refractivity contribution in [3.05, 3.63) is 70.4 Å². The minimum atomic E-state index is -2.47. The van der Waals surface area contributed by atoms with Crippen molar-refractivity contribution in [2.75, 3.05) is 17.2 Å². The Morgan fingerprint density at radius 3 is 2.67 bits per heavy atom. The van der Waals surface area contributed by atoms with Crippen molar-refractivity contribution in [1.82, 2.24) is 25.9 Å². The van der Waals surface area contributed by atoms with Gasteiger partial charge in [0, 0.05) is 47.5 Å². The standard InChI is InChI=1S/C30H34ClF2N7/c1-6-18-15-35-26-21(25(18)36-17-29(3,4)5)13-19(14-22(26)31)37-27(20-9-8-12-34-23(20)7-2)24-16-40(39-38-24)30(10-11-30)28(32)33/h1,8-9,12-16,27-28,37-39H,7,10-11,17H2,2-5H3,(H,35,36)/t27-/m0/s1. The maximum Gasteiger partial charge on any atom is 0.262 e. The Balaban J connectivity index is 1.58. The molecule has 1 aromatic carbocycles. The molecule has 1 fully saturated rings. The molecule has 4 N–H and O–H groups in total. The van der Waals surface area contributed by atoms with Crippen LogP contribution in [0.25, 0.3) is 10.9 Å². The van der Waals surface area contributed by atoms with Crippen LogP contribution in [0.4, 0.5) is 20.2 Å². The monoisotopic (exact) mass is 565 g/mol. The van der Waals surface area contributed by atoms with Crippen molar-refractivity contribution < 1.29 is 8.78 Å². The van der Waals surface area contributed by atoms with Crippen molar-refractivity contribution >= 4 is 33.9 Å². The number of aryl methyl sites for hydroxylation is 1. The van der Waals surface area contributed by atoms with E-state index >= 15 is 0 Å². The Hall–Kier alpha value is -3.61. The van der Waals surface area contributed by atoms with Gasteiger partial charge in [-0.1, -0.05) is 51.3 Å². The molecule has 3 heterocycles. The van der Waals surface area contributed by atoms with E-state index in [1.807, 2.05) is 31.2 Å². The lowest BCUT2D eigenvalue weighted by molar-refractivity contribution is 0.00911. The van der Waals surface area contributed by atoms with Crippen LogP contribution >= 0.6 is 11.6 Å². The molecule has 0 saturated heterocycles. The fourth-order valence-corrected chi connectivity index (χ4v) is 5.17. The Labute approximate surface area is 238 Å². The van der Waals surface area contributed by atoms with Crippen LogP contribution in [0.1, 0.15) is 63.4 Å². The smallest absolute Gasteiger partial charge is 0.262 e. The minimum Gasteiger partial charge on any atom is -0.383 e. The number of aromatic nitrogens is 2. The minimum absolute atomic E-state index is 0.0136. The number of anilines is 2. The van der Waals surface area contributed by atoms with Crippen LogP contribution in [0.15, 0.2) is 48.6 Å². The quantitative estimate of drug-likeness (QED) is 0.224. The van der Waals surface area contributed by atoms with Crippen molar-refractivity contribution in [3.63, 3.8) is 0 Å². The van der Waals surface area contributed by atoms with E-state index in [2.05, 4.69) is 58.3 Å². The molecule has 3 aromatic rings. The number of hydrogen-bond acceptors (Lipinski definition) is 7. The van der Waals surface area contributed by atoms with Gasteiger partial charge in [-0.3, -0.25) is 15.0 Å². The highest BCUT2D eigenvalue weighted by molar-refractivity contribution is 6.35. The number of nitrogens with one attached hydrogen (secondary N) is 4. The van der Waals surface area contributed by atoms with Crippen LogP contribution in [0.2, 0.25) is 5.02 Å². The average molecular weight is 566 g/mol. The average Bonchev–Trinajstić information content (AvgIpc) is 3.60. The molecule has 1 aliphatic carbocycles. The number of halogens is 3. The molecule has 10 heteroatoms. The van der Waals surface area contributed by atoms with E-state index in [4.69, 9.17) is 18.0 Å². The second kappa shape index (κ2) is 10.8. The molecule has 210 valence electrons. The third kappa shape index (κ3) is 5.38. The van der Waals surface area contributed by atoms with Crippen LogP contribution in [-0.2, 0) is 6.42 Å². The molecule has 0 amide bonds. The molecule has 0 unspecified atom stereocenters. The highest BCUT2D eigenvalue weighted by atomic mass is 35.5. The van der Waals surface area contributed by atoms with Gasteiger partial charge in [0.25, 0.3) is 6.43 Å². The zero-order valence-corrected chi connectivity index (χ0v) is 23.8. The number of fused-ring (bicyclic) bond motifs is 1. The van der Waals surface area contributed by atoms with Crippen LogP contribution in [-0.4, -0.2) is 33.5 Å². The normalized spacial score (nSPS) is 16.9. The molecule has 0 radical (unpaired) electrons. The summed E-state index contributed by atoms with van der Waals surface area (Å²) in [4.78, 5) is 9.11. The summed E-state index contributed by atoms with van der Waals surface area (Å²) in [6.45, 7) is 9.15. The van der Waals surface area contributed by atoms with Gasteiger partial charge in [0.2, 0.25) is 0 Å². The van der Waals surface area contributed by atoms with Gasteiger partial charge in [0.1, 0.15) is 5.54 Å². The summed E-state index contributed by atoms with van der Waals surface area (Å²) >= 11 is 6.77. The number of terminal acetylenes is 1. The molecule has 40 heavy (non-hydrogen) atoms. The summed E-state index contributed by atoms with van der Waals surface area (Å²) in [7, 11) is 0. The van der Waals surface area contributed by atoms with E-state index < -0.39 is 18.0 Å². The zero-order chi connectivity index (χ0) is 28.7. The first-order valence-corrected chi connectivity index (χ1v) is 13.8. The summed E-state index contributed by atoms with van der Waals surface area (Å²) in [5.41, 5.74) is 10.2. The van der Waals surface area contributed by atoms with Gasteiger partial charge in [0.15, 0.2) is 0 Å². The molecule has 1 aliphatic heterocycles. The molecule has 1 saturated carbocycles. The molecule has 0 bridgehead atoms. The molecule has 2 aromatic heterocycles. The fraction of sp³-hybridized carbons (Fsp3) is 0.400. The van der Waals surface area contributed by atoms with Gasteiger partial charge >= 0.3 is 0 Å². The summed E-state index contributed by atoms with van der Waals surface area (Å²) in [5.74, 6) is 2.73. The first-order valence-electron chi connectivity index (χ1n) is 13.4. The lowest BCUT2D eigenvalue weighted by Gasteiger charge is -2.25. The fourth-order valence-electron chi connectivity index (χ4n) is 4.90. The summed E-state index contributed by atoms with van der Waals surface area (Å²) in [5, 5.41) is 9.84. The van der Waals surface area contributed by atoms with Crippen molar-refractivity contribution in [1.29, 1.82) is 0 Å². The van der Waals surface area contributed by atoms with Crippen molar-refractivity contribution in [3.8, 4) is 12.3 Å². The van der Waals surface area contributed by atoms with E-state index in [1.54, 1.807) is 18.6 Å². The van der Waals surface area contributed by atoms with Gasteiger partial charge in [-0.2, -0.15) is 0 Å². The number of pyridine rings is 2. The SMILES string of the molecule is C#Cc1cnc2c(Cl)cc(N[C@H](C3=CN(C4(C(F)F)CC4)NN3)c3cccnc3CC)cc2c1NCC(C)(C)C. The topological polar surface area (TPSA) is 77.1 Å². The number of hydrogen-bond donors (Lipinski definition) is 4. The maximum absolute atomic E-state index is 13.9. The number of alkyl halides is 2. The predicted molar refractivity (Wildman–Crippen MR) is 157 cm³/mol. The van der Waals surface area contributed by atoms with Gasteiger partial charge < -0.3 is 16.1 Å². The molecule has 7 nitrogen and oxygen atoms in total. The van der Waals surface area contributed by atoms with Crippen LogP contribution in [0.3, 0.4) is 0 Å². The first kappa shape index (κ1) is 27.9. The number of hydrazine groups is 2. The van der Waals surface area contributed by atoms with Crippen molar-refractivity contribution in [2.45, 2.75) is 65.0 Å². The Morgan fingerprint density at radius 2 is 2.02 bits per heavy atom. The van der Waals surface area contributed by atoms with E-state index in [9.17, 15) is 8.78 Å². The third-order valence-corrected chi connectivity index (χ3v) is 7.59. The first-order chi connectivity index (χ1) is 19.1. The van der Waals surface area contributed by atoms with E-state index in [0.29, 0.717) is 47.6 Å². The van der Waals surface area contributed by atoms with Crippen LogP contribution < -0.4 is 21.6 Å². The molecule has 1 atom stereocenters. The van der Waals surface area contributed by atoms with Crippen LogP contribution in [0.5, 0.6) is 0 Å². The van der Waals surface area contributed by atoms with E-state index in [-0.39, 0.29) is 5.41 Å². The summed E-state index contributed by atoms with van der Waals surface area (Å²) in [6, 6.07) is 7.22. The molecule has 0 spiro atoms. The van der Waals surface area contributed by atoms with Gasteiger partial charge in [-0.05, 0) is 42.9 Å². The van der Waals surface area contributed by atoms with E-state index in [0.717, 1.165) is 28.0 Å². The second-order valence-electron chi connectivity index (χ2n) is 11.5. The number of nitrogens with zero attached hydrogens (tertiary/aromatic N) is 3. The zero-order valence-electron chi connectivity index (χ0n) is 23.1. The largest absolute Gasteiger partial charge is 0.383 e. The lowest BCUT2D eigenvalue weighted by Crippen LogP contribution is -2.48. The number of benzene rings is 1. The molecule has 5 rings (SSSR count). The molecular formula is C30H34ClF2N7. The van der Waals surface area contributed by atoms with Gasteiger partial charge in [0.05, 0.1) is 33.5 Å². The summed E-state index contributed by atoms with van der Waals surface area (Å²) < 4.78 is 27.7. The Morgan fingerprint density at radius 1 is 1.25 bits per heavy atom. The maximum atomic E-state index is 13.9. The highest BCUT2D eigenvalue weighted by Gasteiger charge is 2.56. The van der Waals surface area contributed by atoms with E-state index in [1.165, 1.54) is 5.01 Å². The van der Waals surface area contributed by atoms with Gasteiger partial charge in [-0.25, -0.2) is 8.78 Å². The Kier molecular flexibility index (Phi) is 7.51. The van der Waals surface area contributed by atoms with Crippen molar-refractivity contribution in [2.24, 2.45) is 5.41 Å². The predicted octanol–water partition coefficient (Wildman–Crippen LogP) is 6.40. The molecular weight excluding hydrogens is 532 g/mol. The molecule has 2 aliphatic rings. The second-order valence-corrected chi connectivity index (χ2v) is 11.9. The Bertz CT molecular complexity index is 1490. The highest BCUT2D eigenvalue weighted by Crippen LogP contribution is 2.47. The van der Waals surface area contributed by atoms with Gasteiger partial charge in [-0.15, -0.1) is 12.0 Å².